The first-order valence-corrected chi connectivity index (χ1v) is 7.98. The van der Waals surface area contributed by atoms with Gasteiger partial charge in [0.15, 0.2) is 11.5 Å². The Kier molecular flexibility index (Phi) is 4.62. The van der Waals surface area contributed by atoms with E-state index in [0.717, 1.165) is 0 Å². The van der Waals surface area contributed by atoms with Gasteiger partial charge in [-0.15, -0.1) is 0 Å². The van der Waals surface area contributed by atoms with Crippen molar-refractivity contribution < 1.29 is 37.0 Å². The van der Waals surface area contributed by atoms with E-state index in [4.69, 9.17) is 9.47 Å². The first-order chi connectivity index (χ1) is 12.6. The molecule has 1 aromatic carbocycles. The van der Waals surface area contributed by atoms with Crippen LogP contribution in [0.4, 0.5) is 18.0 Å². The molecule has 0 radical (unpaired) electrons. The van der Waals surface area contributed by atoms with E-state index in [1.54, 1.807) is 23.5 Å². The monoisotopic (exact) mass is 387 g/mol. The molecule has 0 bridgehead atoms. The SMILES string of the molecule is C[C@]1(c2ccc3c(c2)OCCO3)NC(=O)N(CC(=O)NCC(F)(F)F)C1=O. The molecule has 0 saturated carbocycles. The third kappa shape index (κ3) is 3.76. The molecule has 8 nitrogen and oxygen atoms in total. The molecule has 3 rings (SSSR count). The largest absolute Gasteiger partial charge is 0.486 e. The van der Waals surface area contributed by atoms with Crippen LogP contribution in [-0.4, -0.2) is 55.2 Å². The molecule has 11 heteroatoms. The second-order valence-electron chi connectivity index (χ2n) is 6.20. The lowest BCUT2D eigenvalue weighted by Crippen LogP contribution is -2.44. The molecule has 0 aromatic heterocycles. The van der Waals surface area contributed by atoms with Crippen LogP contribution in [0, 0.1) is 0 Å². The van der Waals surface area contributed by atoms with Gasteiger partial charge in [-0.2, -0.15) is 13.2 Å². The van der Waals surface area contributed by atoms with Crippen LogP contribution in [0.2, 0.25) is 0 Å². The number of fused-ring (bicyclic) bond motifs is 1. The maximum absolute atomic E-state index is 12.7. The maximum Gasteiger partial charge on any atom is 0.405 e. The molecule has 1 fully saturated rings. The first-order valence-electron chi connectivity index (χ1n) is 7.98. The molecule has 2 aliphatic rings. The van der Waals surface area contributed by atoms with Crippen molar-refractivity contribution in [2.24, 2.45) is 0 Å². The van der Waals surface area contributed by atoms with Crippen molar-refractivity contribution in [1.82, 2.24) is 15.5 Å². The summed E-state index contributed by atoms with van der Waals surface area (Å²) in [5.74, 6) is -0.953. The third-order valence-corrected chi connectivity index (χ3v) is 4.18. The van der Waals surface area contributed by atoms with Gasteiger partial charge in [0, 0.05) is 0 Å². The van der Waals surface area contributed by atoms with E-state index in [2.05, 4.69) is 5.32 Å². The molecule has 1 saturated heterocycles. The molecule has 0 unspecified atom stereocenters. The Morgan fingerprint density at radius 3 is 2.59 bits per heavy atom. The predicted octanol–water partition coefficient (Wildman–Crippen LogP) is 0.903. The number of carbonyl (C=O) groups is 3. The van der Waals surface area contributed by atoms with Crippen LogP contribution >= 0.6 is 0 Å². The minimum atomic E-state index is -4.59. The van der Waals surface area contributed by atoms with Crippen molar-refractivity contribution in [1.29, 1.82) is 0 Å². The van der Waals surface area contributed by atoms with Crippen LogP contribution < -0.4 is 20.1 Å². The number of imide groups is 1. The number of urea groups is 1. The lowest BCUT2D eigenvalue weighted by molar-refractivity contribution is -0.141. The predicted molar refractivity (Wildman–Crippen MR) is 84.1 cm³/mol. The Morgan fingerprint density at radius 1 is 1.26 bits per heavy atom. The fourth-order valence-corrected chi connectivity index (χ4v) is 2.79. The zero-order valence-corrected chi connectivity index (χ0v) is 14.2. The molecular weight excluding hydrogens is 371 g/mol. The fourth-order valence-electron chi connectivity index (χ4n) is 2.79. The third-order valence-electron chi connectivity index (χ3n) is 4.18. The van der Waals surface area contributed by atoms with Gasteiger partial charge in [0.2, 0.25) is 5.91 Å². The molecule has 2 heterocycles. The fraction of sp³-hybridized carbons (Fsp3) is 0.438. The molecule has 0 aliphatic carbocycles. The summed E-state index contributed by atoms with van der Waals surface area (Å²) in [6.45, 7) is -0.207. The Hall–Kier alpha value is -2.98. The zero-order valence-electron chi connectivity index (χ0n) is 14.2. The van der Waals surface area contributed by atoms with E-state index in [9.17, 15) is 27.6 Å². The number of hydrogen-bond acceptors (Lipinski definition) is 5. The summed E-state index contributed by atoms with van der Waals surface area (Å²) < 4.78 is 47.4. The van der Waals surface area contributed by atoms with E-state index in [0.29, 0.717) is 35.2 Å². The quantitative estimate of drug-likeness (QED) is 0.749. The van der Waals surface area contributed by atoms with Crippen molar-refractivity contribution >= 4 is 17.8 Å². The highest BCUT2D eigenvalue weighted by Crippen LogP contribution is 2.36. The number of ether oxygens (including phenoxy) is 2. The zero-order chi connectivity index (χ0) is 19.8. The van der Waals surface area contributed by atoms with Gasteiger partial charge in [-0.05, 0) is 24.6 Å². The van der Waals surface area contributed by atoms with Crippen LogP contribution in [0.1, 0.15) is 12.5 Å². The molecular formula is C16H16F3N3O5. The average molecular weight is 387 g/mol. The van der Waals surface area contributed by atoms with E-state index in [1.165, 1.54) is 6.92 Å². The van der Waals surface area contributed by atoms with Crippen molar-refractivity contribution in [3.05, 3.63) is 23.8 Å². The van der Waals surface area contributed by atoms with Gasteiger partial charge in [-0.25, -0.2) is 4.79 Å². The van der Waals surface area contributed by atoms with E-state index >= 15 is 0 Å². The van der Waals surface area contributed by atoms with E-state index < -0.39 is 42.7 Å². The normalized spacial score (nSPS) is 21.9. The molecule has 146 valence electrons. The van der Waals surface area contributed by atoms with Gasteiger partial charge in [-0.1, -0.05) is 6.07 Å². The summed E-state index contributed by atoms with van der Waals surface area (Å²) in [7, 11) is 0. The number of halogens is 3. The Balaban J connectivity index is 1.75. The molecule has 0 spiro atoms. The van der Waals surface area contributed by atoms with E-state index in [1.807, 2.05) is 0 Å². The van der Waals surface area contributed by atoms with Crippen LogP contribution in [0.3, 0.4) is 0 Å². The number of amides is 4. The number of hydrogen-bond donors (Lipinski definition) is 2. The highest BCUT2D eigenvalue weighted by atomic mass is 19.4. The summed E-state index contributed by atoms with van der Waals surface area (Å²) in [6.07, 6.45) is -4.59. The second-order valence-corrected chi connectivity index (χ2v) is 6.20. The average Bonchev–Trinajstić information content (AvgIpc) is 2.83. The highest BCUT2D eigenvalue weighted by Gasteiger charge is 2.50. The van der Waals surface area contributed by atoms with Crippen LogP contribution in [0.25, 0.3) is 0 Å². The van der Waals surface area contributed by atoms with Crippen LogP contribution in [0.5, 0.6) is 11.5 Å². The van der Waals surface area contributed by atoms with Crippen molar-refractivity contribution in [2.75, 3.05) is 26.3 Å². The lowest BCUT2D eigenvalue weighted by Gasteiger charge is -2.25. The summed E-state index contributed by atoms with van der Waals surface area (Å²) in [4.78, 5) is 37.1. The number of benzene rings is 1. The van der Waals surface area contributed by atoms with Gasteiger partial charge < -0.3 is 20.1 Å². The van der Waals surface area contributed by atoms with Crippen LogP contribution in [-0.2, 0) is 15.1 Å². The molecule has 4 amide bonds. The number of nitrogens with one attached hydrogen (secondary N) is 2. The molecule has 1 aromatic rings. The highest BCUT2D eigenvalue weighted by molar-refractivity contribution is 6.09. The minimum absolute atomic E-state index is 0.332. The summed E-state index contributed by atoms with van der Waals surface area (Å²) in [6, 6.07) is 3.83. The Morgan fingerprint density at radius 2 is 1.93 bits per heavy atom. The summed E-state index contributed by atoms with van der Waals surface area (Å²) in [5.41, 5.74) is -1.10. The summed E-state index contributed by atoms with van der Waals surface area (Å²) >= 11 is 0. The Bertz CT molecular complexity index is 798. The molecule has 2 aliphatic heterocycles. The summed E-state index contributed by atoms with van der Waals surface area (Å²) in [5, 5.41) is 4.09. The Labute approximate surface area is 151 Å². The first kappa shape index (κ1) is 18.8. The molecule has 1 atom stereocenters. The number of rotatable bonds is 4. The molecule has 2 N–H and O–H groups in total. The lowest BCUT2D eigenvalue weighted by atomic mass is 9.91. The van der Waals surface area contributed by atoms with Crippen molar-refractivity contribution in [3.63, 3.8) is 0 Å². The standard InChI is InChI=1S/C16H16F3N3O5/c1-15(9-2-3-10-11(6-9)27-5-4-26-10)13(24)22(14(25)21-15)7-12(23)20-8-16(17,18)19/h2-3,6H,4-5,7-8H2,1H3,(H,20,23)(H,21,25)/t15-/m1/s1. The van der Waals surface area contributed by atoms with Gasteiger partial charge in [0.05, 0.1) is 0 Å². The van der Waals surface area contributed by atoms with Crippen molar-refractivity contribution in [2.45, 2.75) is 18.6 Å². The smallest absolute Gasteiger partial charge is 0.405 e. The number of nitrogens with zero attached hydrogens (tertiary/aromatic N) is 1. The molecule has 27 heavy (non-hydrogen) atoms. The van der Waals surface area contributed by atoms with Gasteiger partial charge >= 0.3 is 12.2 Å². The second kappa shape index (κ2) is 6.63. The van der Waals surface area contributed by atoms with Gasteiger partial charge in [0.1, 0.15) is 31.8 Å². The topological polar surface area (TPSA) is 97.0 Å². The van der Waals surface area contributed by atoms with Crippen molar-refractivity contribution in [3.8, 4) is 11.5 Å². The number of alkyl halides is 3. The van der Waals surface area contributed by atoms with Crippen LogP contribution in [0.15, 0.2) is 18.2 Å². The number of carbonyl (C=O) groups excluding carboxylic acids is 3. The van der Waals surface area contributed by atoms with Gasteiger partial charge in [0.25, 0.3) is 5.91 Å². The van der Waals surface area contributed by atoms with E-state index in [-0.39, 0.29) is 0 Å². The minimum Gasteiger partial charge on any atom is -0.486 e. The maximum atomic E-state index is 12.7. The van der Waals surface area contributed by atoms with Gasteiger partial charge in [-0.3, -0.25) is 14.5 Å².